The third-order valence-electron chi connectivity index (χ3n) is 1.83. The van der Waals surface area contributed by atoms with Crippen molar-refractivity contribution in [2.75, 3.05) is 6.61 Å². The summed E-state index contributed by atoms with van der Waals surface area (Å²) in [5, 5.41) is 9.75. The summed E-state index contributed by atoms with van der Waals surface area (Å²) in [5.74, 6) is -1.38. The van der Waals surface area contributed by atoms with E-state index in [0.29, 0.717) is 12.2 Å². The van der Waals surface area contributed by atoms with Gasteiger partial charge in [0.05, 0.1) is 12.6 Å². The van der Waals surface area contributed by atoms with E-state index in [2.05, 4.69) is 13.5 Å². The summed E-state index contributed by atoms with van der Waals surface area (Å²) in [4.78, 5) is 20.4. The molecule has 0 aliphatic carbocycles. The fourth-order valence-electron chi connectivity index (χ4n) is 0.550. The SMILES string of the molecule is C/C=C(\C)C(=O)[O-].C=C(C)C(=O)OCCCC. The maximum absolute atomic E-state index is 10.7. The van der Waals surface area contributed by atoms with E-state index in [4.69, 9.17) is 4.74 Å². The first kappa shape index (κ1) is 17.8. The number of carbonyl (C=O) groups is 2. The minimum Gasteiger partial charge on any atom is -0.545 e. The molecule has 0 atom stereocenters. The standard InChI is InChI=1S/C8H14O2.C5H8O2/c1-4-5-6-10-8(9)7(2)3;1-3-4(2)5(6)7/h2,4-6H2,1,3H3;3H,1-2H3,(H,6,7)/p-1/b;4-3+. The minimum absolute atomic E-state index is 0.278. The highest BCUT2D eigenvalue weighted by Gasteiger charge is 2.00. The zero-order valence-electron chi connectivity index (χ0n) is 11.0. The van der Waals surface area contributed by atoms with Crippen LogP contribution in [0.3, 0.4) is 0 Å². The molecule has 17 heavy (non-hydrogen) atoms. The predicted molar refractivity (Wildman–Crippen MR) is 65.1 cm³/mol. The molecule has 0 heterocycles. The molecule has 0 N–H and O–H groups in total. The molecule has 0 fully saturated rings. The van der Waals surface area contributed by atoms with Crippen molar-refractivity contribution in [3.63, 3.8) is 0 Å². The van der Waals surface area contributed by atoms with Crippen LogP contribution in [0.1, 0.15) is 40.5 Å². The number of ether oxygens (including phenoxy) is 1. The van der Waals surface area contributed by atoms with E-state index in [9.17, 15) is 14.7 Å². The first-order valence-corrected chi connectivity index (χ1v) is 5.53. The van der Waals surface area contributed by atoms with E-state index >= 15 is 0 Å². The van der Waals surface area contributed by atoms with Gasteiger partial charge in [0.15, 0.2) is 0 Å². The van der Waals surface area contributed by atoms with E-state index < -0.39 is 5.97 Å². The molecule has 0 rings (SSSR count). The molecule has 0 bridgehead atoms. The van der Waals surface area contributed by atoms with Crippen LogP contribution >= 0.6 is 0 Å². The molecule has 0 aromatic heterocycles. The summed E-state index contributed by atoms with van der Waals surface area (Å²) in [6.07, 6.45) is 3.47. The van der Waals surface area contributed by atoms with Gasteiger partial charge in [-0.2, -0.15) is 0 Å². The van der Waals surface area contributed by atoms with Crippen molar-refractivity contribution in [2.45, 2.75) is 40.5 Å². The lowest BCUT2D eigenvalue weighted by Crippen LogP contribution is -2.22. The van der Waals surface area contributed by atoms with Crippen LogP contribution in [-0.2, 0) is 14.3 Å². The van der Waals surface area contributed by atoms with E-state index in [-0.39, 0.29) is 11.5 Å². The summed E-state index contributed by atoms with van der Waals surface area (Å²) in [7, 11) is 0. The number of rotatable bonds is 5. The molecule has 0 unspecified atom stereocenters. The average Bonchev–Trinajstić information content (AvgIpc) is 2.28. The Labute approximate surface area is 103 Å². The number of carboxylic acids is 1. The monoisotopic (exact) mass is 241 g/mol. The number of esters is 1. The highest BCUT2D eigenvalue weighted by atomic mass is 16.5. The highest BCUT2D eigenvalue weighted by Crippen LogP contribution is 1.94. The van der Waals surface area contributed by atoms with Crippen molar-refractivity contribution in [2.24, 2.45) is 0 Å². The van der Waals surface area contributed by atoms with Crippen molar-refractivity contribution < 1.29 is 19.4 Å². The van der Waals surface area contributed by atoms with Crippen LogP contribution in [0.4, 0.5) is 0 Å². The highest BCUT2D eigenvalue weighted by molar-refractivity contribution is 5.86. The normalized spacial score (nSPS) is 10.0. The zero-order valence-corrected chi connectivity index (χ0v) is 11.0. The Balaban J connectivity index is 0. The zero-order chi connectivity index (χ0) is 13.8. The number of carbonyl (C=O) groups excluding carboxylic acids is 2. The summed E-state index contributed by atoms with van der Waals surface area (Å²) >= 11 is 0. The van der Waals surface area contributed by atoms with Gasteiger partial charge in [-0.1, -0.05) is 26.0 Å². The topological polar surface area (TPSA) is 66.4 Å². The lowest BCUT2D eigenvalue weighted by atomic mass is 10.3. The molecular weight excluding hydrogens is 220 g/mol. The van der Waals surface area contributed by atoms with Gasteiger partial charge in [0, 0.05) is 5.57 Å². The van der Waals surface area contributed by atoms with Crippen LogP contribution in [0.2, 0.25) is 0 Å². The molecule has 0 amide bonds. The molecule has 4 nitrogen and oxygen atoms in total. The van der Waals surface area contributed by atoms with Gasteiger partial charge in [-0.15, -0.1) is 0 Å². The minimum atomic E-state index is -1.09. The molecule has 98 valence electrons. The van der Waals surface area contributed by atoms with Crippen molar-refractivity contribution >= 4 is 11.9 Å². The Kier molecular flexibility index (Phi) is 11.4. The second-order valence-electron chi connectivity index (χ2n) is 3.53. The molecule has 0 spiro atoms. The maximum Gasteiger partial charge on any atom is 0.333 e. The molecule has 0 radical (unpaired) electrons. The third kappa shape index (κ3) is 12.4. The van der Waals surface area contributed by atoms with Gasteiger partial charge < -0.3 is 14.6 Å². The number of aliphatic carboxylic acids is 1. The van der Waals surface area contributed by atoms with E-state index in [1.807, 2.05) is 0 Å². The quantitative estimate of drug-likeness (QED) is 0.416. The van der Waals surface area contributed by atoms with Gasteiger partial charge in [0.1, 0.15) is 0 Å². The molecular formula is C13H21O4-. The van der Waals surface area contributed by atoms with E-state index in [1.54, 1.807) is 13.8 Å². The number of hydrogen-bond acceptors (Lipinski definition) is 4. The molecule has 0 aromatic rings. The molecule has 0 aliphatic rings. The van der Waals surface area contributed by atoms with Crippen molar-refractivity contribution in [3.05, 3.63) is 23.8 Å². The Morgan fingerprint density at radius 1 is 1.35 bits per heavy atom. The Morgan fingerprint density at radius 2 is 1.88 bits per heavy atom. The van der Waals surface area contributed by atoms with Crippen LogP contribution in [0.25, 0.3) is 0 Å². The Morgan fingerprint density at radius 3 is 2.12 bits per heavy atom. The van der Waals surface area contributed by atoms with Crippen molar-refractivity contribution in [1.29, 1.82) is 0 Å². The van der Waals surface area contributed by atoms with Gasteiger partial charge in [-0.05, 0) is 32.8 Å². The molecule has 4 heteroatoms. The largest absolute Gasteiger partial charge is 0.545 e. The fraction of sp³-hybridized carbons (Fsp3) is 0.538. The number of carboxylic acid groups (broad SMARTS) is 1. The Hall–Kier alpha value is -1.58. The van der Waals surface area contributed by atoms with Crippen molar-refractivity contribution in [1.82, 2.24) is 0 Å². The summed E-state index contributed by atoms with van der Waals surface area (Å²) < 4.78 is 4.81. The molecule has 0 aliphatic heterocycles. The van der Waals surface area contributed by atoms with Crippen LogP contribution in [0, 0.1) is 0 Å². The van der Waals surface area contributed by atoms with E-state index in [1.165, 1.54) is 13.0 Å². The van der Waals surface area contributed by atoms with Gasteiger partial charge in [-0.25, -0.2) is 4.79 Å². The molecule has 0 saturated carbocycles. The lowest BCUT2D eigenvalue weighted by Gasteiger charge is -2.01. The first-order chi connectivity index (χ1) is 7.86. The van der Waals surface area contributed by atoms with Crippen molar-refractivity contribution in [3.8, 4) is 0 Å². The van der Waals surface area contributed by atoms with Crippen LogP contribution < -0.4 is 5.11 Å². The Bertz CT molecular complexity index is 290. The lowest BCUT2D eigenvalue weighted by molar-refractivity contribution is -0.299. The average molecular weight is 241 g/mol. The fourth-order valence-corrected chi connectivity index (χ4v) is 0.550. The smallest absolute Gasteiger partial charge is 0.333 e. The van der Waals surface area contributed by atoms with E-state index in [0.717, 1.165) is 12.8 Å². The predicted octanol–water partition coefficient (Wildman–Crippen LogP) is 1.61. The molecule has 0 aromatic carbocycles. The number of unbranched alkanes of at least 4 members (excludes halogenated alkanes) is 1. The van der Waals surface area contributed by atoms with Gasteiger partial charge in [0.25, 0.3) is 0 Å². The van der Waals surface area contributed by atoms with Crippen LogP contribution in [0.5, 0.6) is 0 Å². The number of hydrogen-bond donors (Lipinski definition) is 0. The van der Waals surface area contributed by atoms with Crippen LogP contribution in [0.15, 0.2) is 23.8 Å². The summed E-state index contributed by atoms with van der Waals surface area (Å²) in [5.41, 5.74) is 0.746. The summed E-state index contributed by atoms with van der Waals surface area (Å²) in [6, 6.07) is 0. The van der Waals surface area contributed by atoms with Gasteiger partial charge >= 0.3 is 5.97 Å². The second kappa shape index (κ2) is 10.9. The van der Waals surface area contributed by atoms with Gasteiger partial charge in [0.2, 0.25) is 0 Å². The maximum atomic E-state index is 10.7. The number of allylic oxidation sites excluding steroid dienone is 1. The summed E-state index contributed by atoms with van der Waals surface area (Å²) in [6.45, 7) is 10.8. The second-order valence-corrected chi connectivity index (χ2v) is 3.53. The third-order valence-corrected chi connectivity index (χ3v) is 1.83. The van der Waals surface area contributed by atoms with Crippen LogP contribution in [-0.4, -0.2) is 18.5 Å². The first-order valence-electron chi connectivity index (χ1n) is 5.53. The molecule has 0 saturated heterocycles. The van der Waals surface area contributed by atoms with Gasteiger partial charge in [-0.3, -0.25) is 0 Å².